The summed E-state index contributed by atoms with van der Waals surface area (Å²) in [5, 5.41) is 10.9. The summed E-state index contributed by atoms with van der Waals surface area (Å²) >= 11 is 0. The van der Waals surface area contributed by atoms with E-state index in [4.69, 9.17) is 5.73 Å². The lowest BCUT2D eigenvalue weighted by molar-refractivity contribution is -0.384. The van der Waals surface area contributed by atoms with E-state index >= 15 is 0 Å². The molecule has 1 aromatic rings. The molecule has 7 heteroatoms. The number of amides is 1. The number of rotatable bonds is 3. The van der Waals surface area contributed by atoms with Gasteiger partial charge in [-0.05, 0) is 19.5 Å². The van der Waals surface area contributed by atoms with Crippen LogP contribution in [0.3, 0.4) is 0 Å². The Morgan fingerprint density at radius 2 is 2.19 bits per heavy atom. The minimum Gasteiger partial charge on any atom is -0.332 e. The van der Waals surface area contributed by atoms with Crippen molar-refractivity contribution in [2.75, 3.05) is 33.2 Å². The molecule has 0 aliphatic carbocycles. The topological polar surface area (TPSA) is 92.7 Å². The summed E-state index contributed by atoms with van der Waals surface area (Å²) < 4.78 is 0. The summed E-state index contributed by atoms with van der Waals surface area (Å²) in [6.07, 6.45) is 0. The van der Waals surface area contributed by atoms with Crippen molar-refractivity contribution in [2.24, 2.45) is 5.73 Å². The molecule has 0 saturated carbocycles. The lowest BCUT2D eigenvalue weighted by atomic mass is 10.0. The summed E-state index contributed by atoms with van der Waals surface area (Å²) in [4.78, 5) is 27.0. The first-order valence-corrected chi connectivity index (χ1v) is 6.88. The van der Waals surface area contributed by atoms with Gasteiger partial charge in [0.15, 0.2) is 0 Å². The number of piperazine rings is 1. The van der Waals surface area contributed by atoms with Crippen molar-refractivity contribution >= 4 is 11.6 Å². The third kappa shape index (κ3) is 3.20. The molecular weight excluding hydrogens is 272 g/mol. The van der Waals surface area contributed by atoms with E-state index in [1.54, 1.807) is 17.9 Å². The SMILES string of the molecule is Cc1ccc([N+](=O)[O-])cc1C(=O)N1CCN(C)CC1CN. The molecule has 1 saturated heterocycles. The number of hydrogen-bond donors (Lipinski definition) is 1. The van der Waals surface area contributed by atoms with Gasteiger partial charge >= 0.3 is 0 Å². The second-order valence-electron chi connectivity index (χ2n) is 5.41. The quantitative estimate of drug-likeness (QED) is 0.651. The van der Waals surface area contributed by atoms with Crippen LogP contribution in [0.1, 0.15) is 15.9 Å². The fraction of sp³-hybridized carbons (Fsp3) is 0.500. The van der Waals surface area contributed by atoms with Gasteiger partial charge < -0.3 is 15.5 Å². The van der Waals surface area contributed by atoms with Crippen LogP contribution >= 0.6 is 0 Å². The number of hydrogen-bond acceptors (Lipinski definition) is 5. The van der Waals surface area contributed by atoms with Crippen molar-refractivity contribution in [3.63, 3.8) is 0 Å². The van der Waals surface area contributed by atoms with E-state index in [1.165, 1.54) is 12.1 Å². The van der Waals surface area contributed by atoms with Crippen molar-refractivity contribution < 1.29 is 9.72 Å². The standard InChI is InChI=1S/C14H20N4O3/c1-10-3-4-11(18(20)21)7-13(10)14(19)17-6-5-16(2)9-12(17)8-15/h3-4,7,12H,5-6,8-9,15H2,1-2H3. The molecule has 0 radical (unpaired) electrons. The average molecular weight is 292 g/mol. The number of carbonyl (C=O) groups excluding carboxylic acids is 1. The van der Waals surface area contributed by atoms with Gasteiger partial charge in [-0.3, -0.25) is 14.9 Å². The maximum absolute atomic E-state index is 12.7. The van der Waals surface area contributed by atoms with Crippen LogP contribution in [0.25, 0.3) is 0 Å². The Bertz CT molecular complexity index is 561. The molecule has 0 aromatic heterocycles. The van der Waals surface area contributed by atoms with Crippen molar-refractivity contribution in [1.82, 2.24) is 9.80 Å². The lowest BCUT2D eigenvalue weighted by Crippen LogP contribution is -2.56. The van der Waals surface area contributed by atoms with Gasteiger partial charge in [-0.2, -0.15) is 0 Å². The highest BCUT2D eigenvalue weighted by Gasteiger charge is 2.30. The van der Waals surface area contributed by atoms with Crippen molar-refractivity contribution in [3.8, 4) is 0 Å². The Morgan fingerprint density at radius 3 is 2.81 bits per heavy atom. The van der Waals surface area contributed by atoms with Gasteiger partial charge in [-0.25, -0.2) is 0 Å². The Balaban J connectivity index is 2.30. The fourth-order valence-electron chi connectivity index (χ4n) is 2.59. The largest absolute Gasteiger partial charge is 0.332 e. The number of non-ortho nitro benzene ring substituents is 1. The maximum atomic E-state index is 12.7. The van der Waals surface area contributed by atoms with Crippen LogP contribution in [-0.4, -0.2) is 59.9 Å². The van der Waals surface area contributed by atoms with Crippen LogP contribution in [-0.2, 0) is 0 Å². The molecule has 1 aromatic carbocycles. The molecule has 2 N–H and O–H groups in total. The van der Waals surface area contributed by atoms with Gasteiger partial charge in [0, 0.05) is 43.9 Å². The highest BCUT2D eigenvalue weighted by Crippen LogP contribution is 2.21. The second kappa shape index (κ2) is 6.19. The predicted octanol–water partition coefficient (Wildman–Crippen LogP) is 0.618. The summed E-state index contributed by atoms with van der Waals surface area (Å²) in [7, 11) is 1.99. The Hall–Kier alpha value is -1.99. The molecule has 1 aliphatic rings. The van der Waals surface area contributed by atoms with E-state index in [-0.39, 0.29) is 17.6 Å². The minimum absolute atomic E-state index is 0.0603. The minimum atomic E-state index is -0.485. The van der Waals surface area contributed by atoms with Gasteiger partial charge in [-0.15, -0.1) is 0 Å². The highest BCUT2D eigenvalue weighted by molar-refractivity contribution is 5.96. The van der Waals surface area contributed by atoms with Crippen molar-refractivity contribution in [2.45, 2.75) is 13.0 Å². The smallest absolute Gasteiger partial charge is 0.270 e. The number of nitrogens with two attached hydrogens (primary N) is 1. The van der Waals surface area contributed by atoms with E-state index in [0.29, 0.717) is 18.7 Å². The van der Waals surface area contributed by atoms with E-state index in [1.807, 2.05) is 7.05 Å². The number of nitrogens with zero attached hydrogens (tertiary/aromatic N) is 3. The average Bonchev–Trinajstić information content (AvgIpc) is 2.46. The number of likely N-dealkylation sites (N-methyl/N-ethyl adjacent to an activating group) is 1. The number of aryl methyl sites for hydroxylation is 1. The number of nitro benzene ring substituents is 1. The third-order valence-corrected chi connectivity index (χ3v) is 3.88. The molecule has 1 amide bonds. The molecule has 2 rings (SSSR count). The fourth-order valence-corrected chi connectivity index (χ4v) is 2.59. The molecule has 1 atom stereocenters. The van der Waals surface area contributed by atoms with Gasteiger partial charge in [0.1, 0.15) is 0 Å². The van der Waals surface area contributed by atoms with E-state index in [2.05, 4.69) is 4.90 Å². The molecule has 114 valence electrons. The van der Waals surface area contributed by atoms with Crippen molar-refractivity contribution in [1.29, 1.82) is 0 Å². The predicted molar refractivity (Wildman–Crippen MR) is 79.2 cm³/mol. The van der Waals surface area contributed by atoms with Crippen LogP contribution in [0.2, 0.25) is 0 Å². The molecule has 7 nitrogen and oxygen atoms in total. The van der Waals surface area contributed by atoms with E-state index < -0.39 is 4.92 Å². The Morgan fingerprint density at radius 1 is 1.48 bits per heavy atom. The molecule has 1 unspecified atom stereocenters. The van der Waals surface area contributed by atoms with Crippen LogP contribution in [0.15, 0.2) is 18.2 Å². The first-order chi connectivity index (χ1) is 9.93. The van der Waals surface area contributed by atoms with Gasteiger partial charge in [0.2, 0.25) is 0 Å². The number of carbonyl (C=O) groups is 1. The third-order valence-electron chi connectivity index (χ3n) is 3.88. The molecule has 1 aliphatic heterocycles. The highest BCUT2D eigenvalue weighted by atomic mass is 16.6. The molecule has 0 spiro atoms. The summed E-state index contributed by atoms with van der Waals surface area (Å²) in [5.74, 6) is -0.181. The van der Waals surface area contributed by atoms with Gasteiger partial charge in [-0.1, -0.05) is 6.07 Å². The first-order valence-electron chi connectivity index (χ1n) is 6.88. The Labute approximate surface area is 123 Å². The van der Waals surface area contributed by atoms with E-state index in [9.17, 15) is 14.9 Å². The zero-order valence-corrected chi connectivity index (χ0v) is 12.3. The monoisotopic (exact) mass is 292 g/mol. The zero-order valence-electron chi connectivity index (χ0n) is 12.3. The molecule has 1 heterocycles. The van der Waals surface area contributed by atoms with Crippen molar-refractivity contribution in [3.05, 3.63) is 39.4 Å². The zero-order chi connectivity index (χ0) is 15.6. The normalized spacial score (nSPS) is 19.6. The second-order valence-corrected chi connectivity index (χ2v) is 5.41. The summed E-state index contributed by atoms with van der Waals surface area (Å²) in [6, 6.07) is 4.31. The summed E-state index contributed by atoms with van der Waals surface area (Å²) in [5.41, 5.74) is 6.81. The first kappa shape index (κ1) is 15.4. The summed E-state index contributed by atoms with van der Waals surface area (Å²) in [6.45, 7) is 4.24. The molecular formula is C14H20N4O3. The van der Waals surface area contributed by atoms with Crippen LogP contribution in [0.4, 0.5) is 5.69 Å². The molecule has 0 bridgehead atoms. The lowest BCUT2D eigenvalue weighted by Gasteiger charge is -2.39. The molecule has 1 fully saturated rings. The van der Waals surface area contributed by atoms with Crippen LogP contribution in [0.5, 0.6) is 0 Å². The van der Waals surface area contributed by atoms with Gasteiger partial charge in [0.25, 0.3) is 11.6 Å². The number of benzene rings is 1. The van der Waals surface area contributed by atoms with E-state index in [0.717, 1.165) is 18.7 Å². The van der Waals surface area contributed by atoms with Crippen LogP contribution < -0.4 is 5.73 Å². The van der Waals surface area contributed by atoms with Gasteiger partial charge in [0.05, 0.1) is 11.0 Å². The number of nitro groups is 1. The Kier molecular flexibility index (Phi) is 4.54. The van der Waals surface area contributed by atoms with Crippen LogP contribution in [0, 0.1) is 17.0 Å². The molecule has 21 heavy (non-hydrogen) atoms. The maximum Gasteiger partial charge on any atom is 0.270 e.